The Bertz CT molecular complexity index is 910. The van der Waals surface area contributed by atoms with Crippen molar-refractivity contribution in [2.24, 2.45) is 5.92 Å². The summed E-state index contributed by atoms with van der Waals surface area (Å²) in [6, 6.07) is 7.19. The van der Waals surface area contributed by atoms with Gasteiger partial charge in [0.15, 0.2) is 11.6 Å². The van der Waals surface area contributed by atoms with E-state index in [-0.39, 0.29) is 29.7 Å². The molecule has 0 bridgehead atoms. The first kappa shape index (κ1) is 18.6. The number of nitrogens with zero attached hydrogens (tertiary/aromatic N) is 1. The molecule has 1 aliphatic heterocycles. The maximum absolute atomic E-state index is 13.9. The van der Waals surface area contributed by atoms with Gasteiger partial charge in [-0.3, -0.25) is 19.3 Å². The topological polar surface area (TPSA) is 74.7 Å². The van der Waals surface area contributed by atoms with Crippen molar-refractivity contribution in [1.29, 1.82) is 0 Å². The largest absolute Gasteiger partial charge is 0.481 e. The number of carbonyl (C=O) groups is 3. The van der Waals surface area contributed by atoms with Gasteiger partial charge in [-0.2, -0.15) is 0 Å². The molecule has 1 atom stereocenters. The Balaban J connectivity index is 1.85. The second kappa shape index (κ2) is 7.22. The summed E-state index contributed by atoms with van der Waals surface area (Å²) in [5.74, 6) is -6.88. The van der Waals surface area contributed by atoms with Crippen LogP contribution in [0.1, 0.15) is 32.7 Å². The number of hydrogen-bond acceptors (Lipinski definition) is 3. The van der Waals surface area contributed by atoms with Crippen LogP contribution in [0.25, 0.3) is 0 Å². The number of aliphatic carboxylic acids is 1. The van der Waals surface area contributed by atoms with E-state index in [1.807, 2.05) is 0 Å². The molecule has 27 heavy (non-hydrogen) atoms. The Hall–Kier alpha value is -3.16. The number of fused-ring (bicyclic) bond motifs is 1. The third-order valence-electron chi connectivity index (χ3n) is 4.38. The van der Waals surface area contributed by atoms with Crippen molar-refractivity contribution in [2.45, 2.75) is 12.8 Å². The standard InChI is InChI=1S/C19H14F3NO4/c20-14-8-16(22)15(21)7-11(14)5-10(6-17(24)25)9-23-18(26)12-3-1-2-4-13(12)19(23)27/h1-4,7-8,10H,5-6,9H2,(H,24,25). The van der Waals surface area contributed by atoms with Crippen LogP contribution in [0.15, 0.2) is 36.4 Å². The lowest BCUT2D eigenvalue weighted by Crippen LogP contribution is -2.36. The maximum atomic E-state index is 13.9. The lowest BCUT2D eigenvalue weighted by atomic mass is 9.95. The molecule has 2 amide bonds. The number of hydrogen-bond donors (Lipinski definition) is 1. The van der Waals surface area contributed by atoms with E-state index < -0.39 is 47.6 Å². The van der Waals surface area contributed by atoms with Crippen LogP contribution in [0.4, 0.5) is 13.2 Å². The monoisotopic (exact) mass is 377 g/mol. The first-order chi connectivity index (χ1) is 12.8. The molecule has 1 unspecified atom stereocenters. The summed E-state index contributed by atoms with van der Waals surface area (Å²) < 4.78 is 40.4. The van der Waals surface area contributed by atoms with E-state index in [4.69, 9.17) is 5.11 Å². The molecule has 3 rings (SSSR count). The molecule has 0 spiro atoms. The van der Waals surface area contributed by atoms with Gasteiger partial charge in [0, 0.05) is 12.6 Å². The molecule has 5 nitrogen and oxygen atoms in total. The van der Waals surface area contributed by atoms with Crippen LogP contribution in [0.3, 0.4) is 0 Å². The highest BCUT2D eigenvalue weighted by Gasteiger charge is 2.36. The lowest BCUT2D eigenvalue weighted by molar-refractivity contribution is -0.138. The predicted molar refractivity (Wildman–Crippen MR) is 87.6 cm³/mol. The number of carboxylic acid groups (broad SMARTS) is 1. The Labute approximate surface area is 152 Å². The van der Waals surface area contributed by atoms with Gasteiger partial charge in [-0.15, -0.1) is 0 Å². The predicted octanol–water partition coefficient (Wildman–Crippen LogP) is 3.03. The molecule has 0 saturated carbocycles. The maximum Gasteiger partial charge on any atom is 0.303 e. The number of rotatable bonds is 6. The van der Waals surface area contributed by atoms with Gasteiger partial charge in [-0.25, -0.2) is 13.2 Å². The summed E-state index contributed by atoms with van der Waals surface area (Å²) in [5, 5.41) is 9.09. The van der Waals surface area contributed by atoms with E-state index in [0.29, 0.717) is 12.1 Å². The minimum absolute atomic E-state index is 0.204. The van der Waals surface area contributed by atoms with E-state index >= 15 is 0 Å². The minimum Gasteiger partial charge on any atom is -0.481 e. The van der Waals surface area contributed by atoms with E-state index in [2.05, 4.69) is 0 Å². The molecule has 0 fully saturated rings. The van der Waals surface area contributed by atoms with Crippen LogP contribution in [0.5, 0.6) is 0 Å². The number of carboxylic acids is 1. The Morgan fingerprint density at radius 2 is 1.52 bits per heavy atom. The van der Waals surface area contributed by atoms with E-state index in [1.165, 1.54) is 12.1 Å². The van der Waals surface area contributed by atoms with E-state index in [1.54, 1.807) is 12.1 Å². The number of amides is 2. The van der Waals surface area contributed by atoms with Crippen molar-refractivity contribution in [3.05, 3.63) is 70.5 Å². The highest BCUT2D eigenvalue weighted by Crippen LogP contribution is 2.26. The average Bonchev–Trinajstić information content (AvgIpc) is 2.84. The first-order valence-corrected chi connectivity index (χ1v) is 8.08. The Kier molecular flexibility index (Phi) is 4.98. The van der Waals surface area contributed by atoms with E-state index in [0.717, 1.165) is 4.90 Å². The van der Waals surface area contributed by atoms with Gasteiger partial charge in [0.2, 0.25) is 0 Å². The third-order valence-corrected chi connectivity index (χ3v) is 4.38. The molecular weight excluding hydrogens is 363 g/mol. The summed E-state index contributed by atoms with van der Waals surface area (Å²) in [6.07, 6.45) is -0.755. The van der Waals surface area contributed by atoms with Gasteiger partial charge in [0.1, 0.15) is 5.82 Å². The van der Waals surface area contributed by atoms with Crippen molar-refractivity contribution in [3.63, 3.8) is 0 Å². The van der Waals surface area contributed by atoms with E-state index in [9.17, 15) is 27.6 Å². The molecule has 0 saturated heterocycles. The second-order valence-electron chi connectivity index (χ2n) is 6.29. The summed E-state index contributed by atoms with van der Waals surface area (Å²) in [7, 11) is 0. The summed E-state index contributed by atoms with van der Waals surface area (Å²) in [4.78, 5) is 36.9. The van der Waals surface area contributed by atoms with Gasteiger partial charge in [0.25, 0.3) is 11.8 Å². The number of carbonyl (C=O) groups excluding carboxylic acids is 2. The SMILES string of the molecule is O=C(O)CC(Cc1cc(F)c(F)cc1F)CN1C(=O)c2ccccc2C1=O. The third kappa shape index (κ3) is 3.69. The van der Waals surface area contributed by atoms with Crippen LogP contribution in [0, 0.1) is 23.4 Å². The molecule has 2 aromatic carbocycles. The zero-order valence-corrected chi connectivity index (χ0v) is 13.9. The lowest BCUT2D eigenvalue weighted by Gasteiger charge is -2.21. The quantitative estimate of drug-likeness (QED) is 0.620. The molecule has 0 radical (unpaired) electrons. The summed E-state index contributed by atoms with van der Waals surface area (Å²) in [5.41, 5.74) is 0.183. The molecule has 0 aliphatic carbocycles. The second-order valence-corrected chi connectivity index (χ2v) is 6.29. The van der Waals surface area contributed by atoms with Gasteiger partial charge in [0.05, 0.1) is 17.5 Å². The van der Waals surface area contributed by atoms with Crippen LogP contribution < -0.4 is 0 Å². The van der Waals surface area contributed by atoms with Gasteiger partial charge >= 0.3 is 5.97 Å². The van der Waals surface area contributed by atoms with Crippen molar-refractivity contribution >= 4 is 17.8 Å². The fourth-order valence-electron chi connectivity index (χ4n) is 3.14. The molecule has 2 aromatic rings. The molecule has 1 N–H and O–H groups in total. The van der Waals surface area contributed by atoms with Crippen LogP contribution in [-0.2, 0) is 11.2 Å². The van der Waals surface area contributed by atoms with Gasteiger partial charge in [-0.1, -0.05) is 12.1 Å². The van der Waals surface area contributed by atoms with Crippen LogP contribution in [0.2, 0.25) is 0 Å². The van der Waals surface area contributed by atoms with Gasteiger partial charge in [-0.05, 0) is 36.1 Å². The average molecular weight is 377 g/mol. The zero-order valence-electron chi connectivity index (χ0n) is 13.9. The zero-order chi connectivity index (χ0) is 19.7. The smallest absolute Gasteiger partial charge is 0.303 e. The molecule has 0 aromatic heterocycles. The first-order valence-electron chi connectivity index (χ1n) is 8.08. The molecule has 8 heteroatoms. The fourth-order valence-corrected chi connectivity index (χ4v) is 3.14. The Morgan fingerprint density at radius 1 is 0.963 bits per heavy atom. The number of benzene rings is 2. The minimum atomic E-state index is -1.36. The molecule has 140 valence electrons. The number of imide groups is 1. The van der Waals surface area contributed by atoms with Crippen LogP contribution >= 0.6 is 0 Å². The van der Waals surface area contributed by atoms with Crippen molar-refractivity contribution in [1.82, 2.24) is 4.90 Å². The fraction of sp³-hybridized carbons (Fsp3) is 0.211. The number of halogens is 3. The summed E-state index contributed by atoms with van der Waals surface area (Å²) in [6.45, 7) is -0.281. The highest BCUT2D eigenvalue weighted by molar-refractivity contribution is 6.21. The van der Waals surface area contributed by atoms with Crippen molar-refractivity contribution < 1.29 is 32.7 Å². The normalized spacial score (nSPS) is 14.4. The van der Waals surface area contributed by atoms with Crippen molar-refractivity contribution in [2.75, 3.05) is 6.54 Å². The molecular formula is C19H14F3NO4. The Morgan fingerprint density at radius 3 is 2.07 bits per heavy atom. The van der Waals surface area contributed by atoms with Crippen LogP contribution in [-0.4, -0.2) is 34.3 Å². The molecule has 1 heterocycles. The highest BCUT2D eigenvalue weighted by atomic mass is 19.2. The van der Waals surface area contributed by atoms with Gasteiger partial charge < -0.3 is 5.11 Å². The molecule has 1 aliphatic rings. The summed E-state index contributed by atoms with van der Waals surface area (Å²) >= 11 is 0. The van der Waals surface area contributed by atoms with Crippen molar-refractivity contribution in [3.8, 4) is 0 Å².